The molecule has 0 unspecified atom stereocenters. The Balaban J connectivity index is 0.000000320. The number of fused-ring (bicyclic) bond motifs is 2. The molecule has 2 aliphatic carbocycles. The summed E-state index contributed by atoms with van der Waals surface area (Å²) in [6, 6.07) is 0. The van der Waals surface area contributed by atoms with E-state index in [0.29, 0.717) is 0 Å². The van der Waals surface area contributed by atoms with E-state index in [4.69, 9.17) is 0 Å². The minimum absolute atomic E-state index is 0. The predicted octanol–water partition coefficient (Wildman–Crippen LogP) is 1.82. The normalized spacial score (nSPS) is 42.0. The van der Waals surface area contributed by atoms with Crippen molar-refractivity contribution in [1.29, 1.82) is 0 Å². The van der Waals surface area contributed by atoms with Gasteiger partial charge in [-0.2, -0.15) is 0 Å². The van der Waals surface area contributed by atoms with Crippen molar-refractivity contribution in [2.24, 2.45) is 11.8 Å². The fraction of sp³-hybridized carbons (Fsp3) is 1.00. The molecule has 8 heavy (non-hydrogen) atoms. The van der Waals surface area contributed by atoms with Gasteiger partial charge in [0.05, 0.1) is 0 Å². The monoisotopic (exact) mass is 184 g/mol. The van der Waals surface area contributed by atoms with Crippen LogP contribution in [0.4, 0.5) is 0 Å². The Bertz CT molecular complexity index is 62.5. The minimum Gasteiger partial charge on any atom is -0.0502 e. The van der Waals surface area contributed by atoms with E-state index >= 15 is 0 Å². The molecule has 0 amide bonds. The van der Waals surface area contributed by atoms with E-state index < -0.39 is 0 Å². The van der Waals surface area contributed by atoms with Crippen molar-refractivity contribution in [3.05, 3.63) is 0 Å². The second-order valence-electron chi connectivity index (χ2n) is 3.12. The SMILES string of the molecule is C1CC2CCC1C2.[Sr]. The van der Waals surface area contributed by atoms with E-state index in [2.05, 4.69) is 0 Å². The molecule has 2 aliphatic rings. The molecule has 42 valence electrons. The van der Waals surface area contributed by atoms with Crippen LogP contribution in [0.2, 0.25) is 0 Å². The van der Waals surface area contributed by atoms with Gasteiger partial charge in [-0.3, -0.25) is 0 Å². The fourth-order valence-electron chi connectivity index (χ4n) is 2.17. The van der Waals surface area contributed by atoms with Crippen LogP contribution in [0.1, 0.15) is 32.1 Å². The molecule has 0 aromatic carbocycles. The van der Waals surface area contributed by atoms with Gasteiger partial charge in [0.2, 0.25) is 0 Å². The zero-order valence-corrected chi connectivity index (χ0v) is 8.87. The Labute approximate surface area is 88.3 Å². The summed E-state index contributed by atoms with van der Waals surface area (Å²) >= 11 is 0. The predicted molar refractivity (Wildman–Crippen MR) is 35.8 cm³/mol. The molecule has 0 aromatic heterocycles. The summed E-state index contributed by atoms with van der Waals surface area (Å²) in [5.41, 5.74) is 0. The maximum Gasteiger partial charge on any atom is 0 e. The summed E-state index contributed by atoms with van der Waals surface area (Å²) in [6.07, 6.45) is 7.82. The summed E-state index contributed by atoms with van der Waals surface area (Å²) in [7, 11) is 0. The van der Waals surface area contributed by atoms with Crippen molar-refractivity contribution in [2.75, 3.05) is 0 Å². The van der Waals surface area contributed by atoms with Gasteiger partial charge < -0.3 is 0 Å². The maximum atomic E-state index is 1.58. The molecule has 2 radical (unpaired) electrons. The fourth-order valence-corrected chi connectivity index (χ4v) is 2.17. The number of hydrogen-bond acceptors (Lipinski definition) is 0. The Kier molecular flexibility index (Phi) is 2.89. The summed E-state index contributed by atoms with van der Waals surface area (Å²) in [5.74, 6) is 2.34. The van der Waals surface area contributed by atoms with Crippen molar-refractivity contribution in [3.8, 4) is 0 Å². The van der Waals surface area contributed by atoms with Crippen LogP contribution in [0.25, 0.3) is 0 Å². The van der Waals surface area contributed by atoms with Gasteiger partial charge in [-0.1, -0.05) is 25.7 Å². The average molecular weight is 184 g/mol. The van der Waals surface area contributed by atoms with Gasteiger partial charge in [0, 0.05) is 45.5 Å². The second kappa shape index (κ2) is 3.05. The molecule has 0 heterocycles. The standard InChI is InChI=1S/C7H12.Sr/c1-2-7-4-3-6(1)5-7;/h6-7H,1-5H2;. The molecule has 0 aromatic rings. The molecule has 0 atom stereocenters. The molecule has 2 rings (SSSR count). The van der Waals surface area contributed by atoms with Crippen molar-refractivity contribution in [3.63, 3.8) is 0 Å². The van der Waals surface area contributed by atoms with Crippen molar-refractivity contribution in [2.45, 2.75) is 32.1 Å². The molecule has 2 bridgehead atoms. The largest absolute Gasteiger partial charge is 0.0502 e. The Hall–Kier alpha value is 1.48. The van der Waals surface area contributed by atoms with Gasteiger partial charge in [0.25, 0.3) is 0 Å². The molecular weight excluding hydrogens is 172 g/mol. The zero-order chi connectivity index (χ0) is 4.69. The molecule has 2 saturated carbocycles. The summed E-state index contributed by atoms with van der Waals surface area (Å²) < 4.78 is 0. The van der Waals surface area contributed by atoms with Gasteiger partial charge >= 0.3 is 0 Å². The van der Waals surface area contributed by atoms with Crippen LogP contribution in [0.5, 0.6) is 0 Å². The third-order valence-corrected chi connectivity index (χ3v) is 2.63. The molecule has 0 saturated heterocycles. The summed E-state index contributed by atoms with van der Waals surface area (Å²) in [5, 5.41) is 0. The van der Waals surface area contributed by atoms with Crippen LogP contribution in [0.15, 0.2) is 0 Å². The van der Waals surface area contributed by atoms with Gasteiger partial charge in [0.15, 0.2) is 0 Å². The van der Waals surface area contributed by atoms with Gasteiger partial charge in [-0.15, -0.1) is 0 Å². The van der Waals surface area contributed by atoms with E-state index in [0.717, 1.165) is 0 Å². The van der Waals surface area contributed by atoms with Crippen molar-refractivity contribution < 1.29 is 0 Å². The average Bonchev–Trinajstić information content (AvgIpc) is 2.22. The Morgan fingerprint density at radius 2 is 1.12 bits per heavy atom. The van der Waals surface area contributed by atoms with Crippen molar-refractivity contribution >= 4 is 45.5 Å². The summed E-state index contributed by atoms with van der Waals surface area (Å²) in [4.78, 5) is 0. The molecule has 2 fully saturated rings. The molecule has 0 nitrogen and oxygen atoms in total. The topological polar surface area (TPSA) is 0 Å². The minimum atomic E-state index is 0. The first-order valence-corrected chi connectivity index (χ1v) is 3.45. The molecule has 0 spiro atoms. The van der Waals surface area contributed by atoms with Crippen LogP contribution >= 0.6 is 0 Å². The van der Waals surface area contributed by atoms with Crippen LogP contribution in [0.3, 0.4) is 0 Å². The first-order valence-electron chi connectivity index (χ1n) is 3.45. The quantitative estimate of drug-likeness (QED) is 0.503. The van der Waals surface area contributed by atoms with Crippen LogP contribution in [-0.2, 0) is 0 Å². The van der Waals surface area contributed by atoms with Gasteiger partial charge in [-0.25, -0.2) is 0 Å². The first kappa shape index (κ1) is 7.59. The van der Waals surface area contributed by atoms with E-state index in [1.54, 1.807) is 32.1 Å². The maximum absolute atomic E-state index is 1.58. The van der Waals surface area contributed by atoms with E-state index in [-0.39, 0.29) is 45.5 Å². The van der Waals surface area contributed by atoms with E-state index in [1.165, 1.54) is 11.8 Å². The van der Waals surface area contributed by atoms with Crippen LogP contribution in [0, 0.1) is 11.8 Å². The number of rotatable bonds is 0. The summed E-state index contributed by atoms with van der Waals surface area (Å²) in [6.45, 7) is 0. The van der Waals surface area contributed by atoms with Crippen LogP contribution in [-0.4, -0.2) is 45.5 Å². The van der Waals surface area contributed by atoms with Crippen LogP contribution < -0.4 is 0 Å². The molecule has 1 heteroatoms. The van der Waals surface area contributed by atoms with Gasteiger partial charge in [0.1, 0.15) is 0 Å². The second-order valence-corrected chi connectivity index (χ2v) is 3.12. The van der Waals surface area contributed by atoms with Gasteiger partial charge in [-0.05, 0) is 18.3 Å². The number of hydrogen-bond donors (Lipinski definition) is 0. The Morgan fingerprint density at radius 3 is 1.25 bits per heavy atom. The van der Waals surface area contributed by atoms with Crippen molar-refractivity contribution in [1.82, 2.24) is 0 Å². The first-order chi connectivity index (χ1) is 3.45. The third-order valence-electron chi connectivity index (χ3n) is 2.63. The smallest absolute Gasteiger partial charge is 0 e. The molecular formula is C7H12Sr. The molecule has 0 N–H and O–H groups in total. The van der Waals surface area contributed by atoms with E-state index in [1.807, 2.05) is 0 Å². The Morgan fingerprint density at radius 1 is 0.750 bits per heavy atom. The third kappa shape index (κ3) is 1.31. The molecule has 0 aliphatic heterocycles. The van der Waals surface area contributed by atoms with E-state index in [9.17, 15) is 0 Å². The zero-order valence-electron chi connectivity index (χ0n) is 5.40.